The molecule has 0 unspecified atom stereocenters. The van der Waals surface area contributed by atoms with Crippen molar-refractivity contribution in [3.8, 4) is 0 Å². The Labute approximate surface area is 139 Å². The maximum absolute atomic E-state index is 13.3. The van der Waals surface area contributed by atoms with E-state index in [1.165, 1.54) is 19.3 Å². The van der Waals surface area contributed by atoms with E-state index in [0.717, 1.165) is 62.9 Å². The Balaban J connectivity index is 1.42. The lowest BCUT2D eigenvalue weighted by Crippen LogP contribution is -2.56. The van der Waals surface area contributed by atoms with E-state index < -0.39 is 0 Å². The summed E-state index contributed by atoms with van der Waals surface area (Å²) in [6, 6.07) is 0. The summed E-state index contributed by atoms with van der Waals surface area (Å²) in [4.78, 5) is 29.2. The third-order valence-corrected chi connectivity index (χ3v) is 7.06. The molecule has 4 bridgehead atoms. The highest BCUT2D eigenvalue weighted by Gasteiger charge is 2.55. The number of piperidine rings is 1. The third kappa shape index (κ3) is 2.58. The number of hydrogen-bond donors (Lipinski definition) is 0. The predicted molar refractivity (Wildman–Crippen MR) is 88.6 cm³/mol. The summed E-state index contributed by atoms with van der Waals surface area (Å²) in [5, 5.41) is 0. The largest absolute Gasteiger partial charge is 0.349 e. The topological polar surface area (TPSA) is 40.6 Å². The van der Waals surface area contributed by atoms with E-state index in [-0.39, 0.29) is 17.2 Å². The molecular formula is C19H30N2O2. The summed E-state index contributed by atoms with van der Waals surface area (Å²) in [5.74, 6) is 3.24. The van der Waals surface area contributed by atoms with Crippen LogP contribution in [0.5, 0.6) is 0 Å². The van der Waals surface area contributed by atoms with Crippen LogP contribution < -0.4 is 0 Å². The van der Waals surface area contributed by atoms with Crippen LogP contribution in [0.1, 0.15) is 51.4 Å². The molecule has 0 aromatic carbocycles. The van der Waals surface area contributed by atoms with E-state index in [1.807, 2.05) is 14.1 Å². The first kappa shape index (κ1) is 15.5. The van der Waals surface area contributed by atoms with Crippen LogP contribution >= 0.6 is 0 Å². The SMILES string of the molecule is CN(C)C(=O)C1CCN(C(=O)C23CC4CC(CC(C4)C2)C3)CC1. The Morgan fingerprint density at radius 2 is 1.39 bits per heavy atom. The summed E-state index contributed by atoms with van der Waals surface area (Å²) < 4.78 is 0. The summed E-state index contributed by atoms with van der Waals surface area (Å²) >= 11 is 0. The van der Waals surface area contributed by atoms with Gasteiger partial charge in [-0.15, -0.1) is 0 Å². The molecule has 1 aliphatic heterocycles. The Morgan fingerprint density at radius 3 is 1.83 bits per heavy atom. The molecule has 0 spiro atoms. The Morgan fingerprint density at radius 1 is 0.913 bits per heavy atom. The standard InChI is InChI=1S/C19H30N2O2/c1-20(2)17(22)16-3-5-21(6-4-16)18(23)19-10-13-7-14(11-19)9-15(8-13)12-19/h13-16H,3-12H2,1-2H3. The van der Waals surface area contributed by atoms with Crippen LogP contribution in [0.15, 0.2) is 0 Å². The number of carbonyl (C=O) groups excluding carboxylic acids is 2. The van der Waals surface area contributed by atoms with Gasteiger partial charge in [-0.25, -0.2) is 0 Å². The summed E-state index contributed by atoms with van der Waals surface area (Å²) in [7, 11) is 3.66. The maximum atomic E-state index is 13.3. The van der Waals surface area contributed by atoms with E-state index in [9.17, 15) is 9.59 Å². The molecule has 23 heavy (non-hydrogen) atoms. The highest BCUT2D eigenvalue weighted by molar-refractivity contribution is 5.84. The third-order valence-electron chi connectivity index (χ3n) is 7.06. The van der Waals surface area contributed by atoms with Gasteiger partial charge in [0.2, 0.25) is 11.8 Å². The first-order chi connectivity index (χ1) is 11.0. The molecule has 5 rings (SSSR count). The van der Waals surface area contributed by atoms with Crippen molar-refractivity contribution in [3.63, 3.8) is 0 Å². The van der Waals surface area contributed by atoms with Crippen molar-refractivity contribution in [1.82, 2.24) is 9.80 Å². The molecule has 1 saturated heterocycles. The van der Waals surface area contributed by atoms with E-state index in [2.05, 4.69) is 4.90 Å². The lowest BCUT2D eigenvalue weighted by molar-refractivity contribution is -0.160. The quantitative estimate of drug-likeness (QED) is 0.785. The normalized spacial score (nSPS) is 39.6. The van der Waals surface area contributed by atoms with Gasteiger partial charge in [-0.3, -0.25) is 9.59 Å². The van der Waals surface area contributed by atoms with Gasteiger partial charge >= 0.3 is 0 Å². The number of likely N-dealkylation sites (tertiary alicyclic amines) is 1. The molecule has 0 atom stereocenters. The van der Waals surface area contributed by atoms with Crippen LogP contribution in [0, 0.1) is 29.1 Å². The molecule has 0 aromatic heterocycles. The van der Waals surface area contributed by atoms with Crippen LogP contribution in [0.4, 0.5) is 0 Å². The van der Waals surface area contributed by atoms with E-state index in [1.54, 1.807) is 4.90 Å². The second kappa shape index (κ2) is 5.49. The molecule has 128 valence electrons. The number of rotatable bonds is 2. The van der Waals surface area contributed by atoms with Gasteiger partial charge in [0.15, 0.2) is 0 Å². The first-order valence-corrected chi connectivity index (χ1v) is 9.47. The molecule has 5 fully saturated rings. The second-order valence-electron chi connectivity index (χ2n) is 9.00. The minimum Gasteiger partial charge on any atom is -0.349 e. The van der Waals surface area contributed by atoms with E-state index >= 15 is 0 Å². The number of hydrogen-bond acceptors (Lipinski definition) is 2. The van der Waals surface area contributed by atoms with Crippen molar-refractivity contribution in [2.75, 3.05) is 27.2 Å². The number of amides is 2. The smallest absolute Gasteiger partial charge is 0.228 e. The number of carbonyl (C=O) groups is 2. The molecule has 4 aliphatic carbocycles. The average molecular weight is 318 g/mol. The highest BCUT2D eigenvalue weighted by atomic mass is 16.2. The fraction of sp³-hybridized carbons (Fsp3) is 0.895. The van der Waals surface area contributed by atoms with Gasteiger partial charge < -0.3 is 9.80 Å². The van der Waals surface area contributed by atoms with Gasteiger partial charge in [0.1, 0.15) is 0 Å². The first-order valence-electron chi connectivity index (χ1n) is 9.47. The number of nitrogens with zero attached hydrogens (tertiary/aromatic N) is 2. The van der Waals surface area contributed by atoms with Crippen molar-refractivity contribution < 1.29 is 9.59 Å². The van der Waals surface area contributed by atoms with Gasteiger partial charge in [0, 0.05) is 33.1 Å². The summed E-state index contributed by atoms with van der Waals surface area (Å²) in [6.07, 6.45) is 9.27. The van der Waals surface area contributed by atoms with Crippen LogP contribution in [0.3, 0.4) is 0 Å². The van der Waals surface area contributed by atoms with E-state index in [0.29, 0.717) is 5.91 Å². The van der Waals surface area contributed by atoms with Crippen molar-refractivity contribution in [2.24, 2.45) is 29.1 Å². The van der Waals surface area contributed by atoms with Crippen molar-refractivity contribution in [1.29, 1.82) is 0 Å². The Kier molecular flexibility index (Phi) is 3.69. The summed E-state index contributed by atoms with van der Waals surface area (Å²) in [5.41, 5.74) is -0.0207. The van der Waals surface area contributed by atoms with Crippen molar-refractivity contribution >= 4 is 11.8 Å². The molecular weight excluding hydrogens is 288 g/mol. The molecule has 0 N–H and O–H groups in total. The minimum absolute atomic E-state index is 0.0207. The molecule has 5 aliphatic rings. The molecule has 4 saturated carbocycles. The monoisotopic (exact) mass is 318 g/mol. The van der Waals surface area contributed by atoms with Crippen LogP contribution in [-0.4, -0.2) is 48.8 Å². The highest BCUT2D eigenvalue weighted by Crippen LogP contribution is 2.60. The second-order valence-corrected chi connectivity index (χ2v) is 9.00. The Bertz CT molecular complexity index is 470. The van der Waals surface area contributed by atoms with Gasteiger partial charge in [-0.2, -0.15) is 0 Å². The zero-order valence-corrected chi connectivity index (χ0v) is 14.6. The fourth-order valence-electron chi connectivity index (χ4n) is 6.40. The van der Waals surface area contributed by atoms with Crippen molar-refractivity contribution in [3.05, 3.63) is 0 Å². The zero-order valence-electron chi connectivity index (χ0n) is 14.6. The average Bonchev–Trinajstić information content (AvgIpc) is 2.52. The molecule has 4 heteroatoms. The minimum atomic E-state index is -0.0207. The fourth-order valence-corrected chi connectivity index (χ4v) is 6.40. The van der Waals surface area contributed by atoms with Crippen LogP contribution in [-0.2, 0) is 9.59 Å². The molecule has 0 radical (unpaired) electrons. The maximum Gasteiger partial charge on any atom is 0.228 e. The predicted octanol–water partition coefficient (Wildman–Crippen LogP) is 2.53. The van der Waals surface area contributed by atoms with Crippen LogP contribution in [0.2, 0.25) is 0 Å². The summed E-state index contributed by atoms with van der Waals surface area (Å²) in [6.45, 7) is 1.57. The van der Waals surface area contributed by atoms with Gasteiger partial charge in [-0.1, -0.05) is 0 Å². The lowest BCUT2D eigenvalue weighted by atomic mass is 9.49. The molecule has 0 aromatic rings. The molecule has 2 amide bonds. The molecule has 4 nitrogen and oxygen atoms in total. The van der Waals surface area contributed by atoms with Crippen LogP contribution in [0.25, 0.3) is 0 Å². The van der Waals surface area contributed by atoms with Crippen molar-refractivity contribution in [2.45, 2.75) is 51.4 Å². The zero-order chi connectivity index (χ0) is 16.2. The van der Waals surface area contributed by atoms with Gasteiger partial charge in [-0.05, 0) is 69.1 Å². The Hall–Kier alpha value is -1.06. The van der Waals surface area contributed by atoms with Gasteiger partial charge in [0.25, 0.3) is 0 Å². The molecule has 1 heterocycles. The lowest BCUT2D eigenvalue weighted by Gasteiger charge is -2.57. The van der Waals surface area contributed by atoms with E-state index in [4.69, 9.17) is 0 Å². The van der Waals surface area contributed by atoms with Gasteiger partial charge in [0.05, 0.1) is 5.41 Å².